The van der Waals surface area contributed by atoms with E-state index in [4.69, 9.17) is 10.4 Å². The summed E-state index contributed by atoms with van der Waals surface area (Å²) in [6.45, 7) is 1.93. The van der Waals surface area contributed by atoms with Crippen molar-refractivity contribution < 1.29 is 14.7 Å². The molecule has 0 aliphatic heterocycles. The van der Waals surface area contributed by atoms with Crippen LogP contribution in [0.2, 0.25) is 0 Å². The number of nitrogens with zero attached hydrogens (tertiary/aromatic N) is 1. The third kappa shape index (κ3) is 5.20. The van der Waals surface area contributed by atoms with Crippen LogP contribution in [0.5, 0.6) is 0 Å². The summed E-state index contributed by atoms with van der Waals surface area (Å²) >= 11 is 0. The number of aliphatic carboxylic acids is 1. The fourth-order valence-electron chi connectivity index (χ4n) is 3.07. The summed E-state index contributed by atoms with van der Waals surface area (Å²) in [6, 6.07) is 1.93. The van der Waals surface area contributed by atoms with Crippen LogP contribution in [0.3, 0.4) is 0 Å². The molecule has 0 aromatic carbocycles. The molecule has 0 saturated heterocycles. The van der Waals surface area contributed by atoms with Crippen molar-refractivity contribution in [2.45, 2.75) is 70.8 Å². The van der Waals surface area contributed by atoms with Gasteiger partial charge in [0.1, 0.15) is 0 Å². The molecule has 0 aromatic heterocycles. The number of nitriles is 1. The van der Waals surface area contributed by atoms with Crippen LogP contribution in [0.25, 0.3) is 0 Å². The first kappa shape index (κ1) is 16.5. The third-order valence-electron chi connectivity index (χ3n) is 4.17. The Morgan fingerprint density at radius 2 is 1.95 bits per heavy atom. The zero-order valence-electron chi connectivity index (χ0n) is 12.2. The molecule has 1 aliphatic rings. The quantitative estimate of drug-likeness (QED) is 0.750. The van der Waals surface area contributed by atoms with Gasteiger partial charge in [-0.15, -0.1) is 0 Å². The number of hydrogen-bond acceptors (Lipinski definition) is 3. The van der Waals surface area contributed by atoms with Crippen LogP contribution in [0.15, 0.2) is 0 Å². The minimum absolute atomic E-state index is 0.0649. The molecule has 20 heavy (non-hydrogen) atoms. The van der Waals surface area contributed by atoms with E-state index in [0.717, 1.165) is 32.1 Å². The lowest BCUT2D eigenvalue weighted by Crippen LogP contribution is -2.39. The molecule has 112 valence electrons. The molecule has 1 saturated carbocycles. The van der Waals surface area contributed by atoms with E-state index in [2.05, 4.69) is 11.4 Å². The molecule has 0 bridgehead atoms. The number of rotatable bonds is 7. The molecule has 2 N–H and O–H groups in total. The summed E-state index contributed by atoms with van der Waals surface area (Å²) in [7, 11) is 0. The highest BCUT2D eigenvalue weighted by molar-refractivity contribution is 5.78. The van der Waals surface area contributed by atoms with E-state index < -0.39 is 5.97 Å². The number of carboxylic acid groups (broad SMARTS) is 1. The lowest BCUT2D eigenvalue weighted by Gasteiger charge is -2.35. The maximum absolute atomic E-state index is 12.1. The summed E-state index contributed by atoms with van der Waals surface area (Å²) < 4.78 is 0. The smallest absolute Gasteiger partial charge is 0.303 e. The van der Waals surface area contributed by atoms with Gasteiger partial charge in [0.15, 0.2) is 0 Å². The van der Waals surface area contributed by atoms with Crippen LogP contribution in [0, 0.1) is 16.7 Å². The van der Waals surface area contributed by atoms with Gasteiger partial charge in [-0.25, -0.2) is 0 Å². The Labute approximate surface area is 120 Å². The minimum atomic E-state index is -0.830. The molecule has 0 heterocycles. The zero-order valence-corrected chi connectivity index (χ0v) is 12.2. The highest BCUT2D eigenvalue weighted by Gasteiger charge is 2.36. The molecule has 1 unspecified atom stereocenters. The first-order valence-corrected chi connectivity index (χ1v) is 7.39. The van der Waals surface area contributed by atoms with Crippen LogP contribution >= 0.6 is 0 Å². The molecule has 1 aliphatic carbocycles. The predicted octanol–water partition coefficient (Wildman–Crippen LogP) is 2.61. The van der Waals surface area contributed by atoms with Gasteiger partial charge in [-0.3, -0.25) is 9.59 Å². The van der Waals surface area contributed by atoms with Crippen molar-refractivity contribution in [1.82, 2.24) is 5.32 Å². The molecule has 1 amide bonds. The van der Waals surface area contributed by atoms with Gasteiger partial charge in [0.2, 0.25) is 5.91 Å². The SMILES string of the molecule is CCC(CC#N)NC(=O)CC1(CC(=O)O)CCCCC1. The minimum Gasteiger partial charge on any atom is -0.481 e. The fraction of sp³-hybridized carbons (Fsp3) is 0.800. The maximum Gasteiger partial charge on any atom is 0.303 e. The summed E-state index contributed by atoms with van der Waals surface area (Å²) in [5.74, 6) is -0.945. The highest BCUT2D eigenvalue weighted by Crippen LogP contribution is 2.42. The summed E-state index contributed by atoms with van der Waals surface area (Å²) in [5, 5.41) is 20.6. The van der Waals surface area contributed by atoms with E-state index in [1.807, 2.05) is 6.92 Å². The number of carbonyl (C=O) groups excluding carboxylic acids is 1. The van der Waals surface area contributed by atoms with E-state index >= 15 is 0 Å². The number of nitrogens with one attached hydrogen (secondary N) is 1. The van der Waals surface area contributed by atoms with E-state index in [-0.39, 0.29) is 30.2 Å². The van der Waals surface area contributed by atoms with E-state index in [1.165, 1.54) is 0 Å². The van der Waals surface area contributed by atoms with Gasteiger partial charge in [0, 0.05) is 12.5 Å². The molecule has 1 rings (SSSR count). The van der Waals surface area contributed by atoms with Gasteiger partial charge in [0.05, 0.1) is 18.9 Å². The van der Waals surface area contributed by atoms with Crippen molar-refractivity contribution >= 4 is 11.9 Å². The van der Waals surface area contributed by atoms with Crippen molar-refractivity contribution in [3.05, 3.63) is 0 Å². The molecule has 5 heteroatoms. The van der Waals surface area contributed by atoms with E-state index in [0.29, 0.717) is 12.8 Å². The van der Waals surface area contributed by atoms with Crippen molar-refractivity contribution in [2.24, 2.45) is 5.41 Å². The monoisotopic (exact) mass is 280 g/mol. The average molecular weight is 280 g/mol. The number of carbonyl (C=O) groups is 2. The second-order valence-electron chi connectivity index (χ2n) is 5.84. The Bertz CT molecular complexity index is 381. The maximum atomic E-state index is 12.1. The second kappa shape index (κ2) is 7.88. The third-order valence-corrected chi connectivity index (χ3v) is 4.17. The van der Waals surface area contributed by atoms with Crippen LogP contribution < -0.4 is 5.32 Å². The highest BCUT2D eigenvalue weighted by atomic mass is 16.4. The molecular weight excluding hydrogens is 256 g/mol. The van der Waals surface area contributed by atoms with Gasteiger partial charge in [-0.05, 0) is 24.7 Å². The topological polar surface area (TPSA) is 90.2 Å². The van der Waals surface area contributed by atoms with Crippen LogP contribution in [-0.2, 0) is 9.59 Å². The number of amides is 1. The van der Waals surface area contributed by atoms with Crippen molar-refractivity contribution in [1.29, 1.82) is 5.26 Å². The lowest BCUT2D eigenvalue weighted by molar-refractivity contribution is -0.141. The molecule has 5 nitrogen and oxygen atoms in total. The first-order valence-electron chi connectivity index (χ1n) is 7.39. The average Bonchev–Trinajstić information content (AvgIpc) is 2.37. The lowest BCUT2D eigenvalue weighted by atomic mass is 9.69. The fourth-order valence-corrected chi connectivity index (χ4v) is 3.07. The summed E-state index contributed by atoms with van der Waals surface area (Å²) in [5.41, 5.74) is -0.390. The normalized spacial score (nSPS) is 18.8. The van der Waals surface area contributed by atoms with Crippen molar-refractivity contribution in [2.75, 3.05) is 0 Å². The van der Waals surface area contributed by atoms with Gasteiger partial charge < -0.3 is 10.4 Å². The Balaban J connectivity index is 2.62. The Kier molecular flexibility index (Phi) is 6.50. The second-order valence-corrected chi connectivity index (χ2v) is 5.84. The Morgan fingerprint density at radius 1 is 1.30 bits per heavy atom. The first-order chi connectivity index (χ1) is 9.51. The Morgan fingerprint density at radius 3 is 2.45 bits per heavy atom. The van der Waals surface area contributed by atoms with Gasteiger partial charge in [-0.2, -0.15) is 5.26 Å². The molecule has 1 atom stereocenters. The largest absolute Gasteiger partial charge is 0.481 e. The van der Waals surface area contributed by atoms with Gasteiger partial charge in [-0.1, -0.05) is 26.2 Å². The van der Waals surface area contributed by atoms with Gasteiger partial charge in [0.25, 0.3) is 0 Å². The summed E-state index contributed by atoms with van der Waals surface area (Å²) in [4.78, 5) is 23.2. The van der Waals surface area contributed by atoms with Crippen molar-refractivity contribution in [3.63, 3.8) is 0 Å². The molecule has 0 radical (unpaired) electrons. The van der Waals surface area contributed by atoms with Crippen LogP contribution in [0.4, 0.5) is 0 Å². The number of carboxylic acids is 1. The summed E-state index contributed by atoms with van der Waals surface area (Å²) in [6.07, 6.45) is 6.07. The molecule has 0 aromatic rings. The molecule has 1 fully saturated rings. The molecular formula is C15H24N2O3. The van der Waals surface area contributed by atoms with Crippen LogP contribution in [-0.4, -0.2) is 23.0 Å². The number of hydrogen-bond donors (Lipinski definition) is 2. The van der Waals surface area contributed by atoms with Crippen molar-refractivity contribution in [3.8, 4) is 6.07 Å². The van der Waals surface area contributed by atoms with Gasteiger partial charge >= 0.3 is 5.97 Å². The van der Waals surface area contributed by atoms with Crippen LogP contribution in [0.1, 0.15) is 64.7 Å². The zero-order chi connectivity index (χ0) is 15.0. The van der Waals surface area contributed by atoms with E-state index in [1.54, 1.807) is 0 Å². The van der Waals surface area contributed by atoms with E-state index in [9.17, 15) is 9.59 Å². The molecule has 0 spiro atoms. The predicted molar refractivity (Wildman–Crippen MR) is 74.8 cm³/mol. The Hall–Kier alpha value is -1.57. The standard InChI is InChI=1S/C15H24N2O3/c1-2-12(6-9-16)17-13(18)10-15(11-14(19)20)7-4-3-5-8-15/h12H,2-8,10-11H2,1H3,(H,17,18)(H,19,20).